The number of allylic oxidation sites excluding steroid dienone is 1. The SMILES string of the molecule is C[P+]1(S)C=CCC1. The van der Waals surface area contributed by atoms with Gasteiger partial charge in [0.2, 0.25) is 0 Å². The van der Waals surface area contributed by atoms with Gasteiger partial charge in [-0.2, -0.15) is 0 Å². The Morgan fingerprint density at radius 3 is 2.57 bits per heavy atom. The minimum Gasteiger partial charge on any atom is -0.0450 e. The third kappa shape index (κ3) is 1.47. The third-order valence-corrected chi connectivity index (χ3v) is 4.19. The molecule has 0 aliphatic carbocycles. The Morgan fingerprint density at radius 2 is 2.43 bits per heavy atom. The van der Waals surface area contributed by atoms with E-state index in [1.54, 1.807) is 0 Å². The second-order valence-corrected chi connectivity index (χ2v) is 8.03. The van der Waals surface area contributed by atoms with Crippen molar-refractivity contribution in [3.63, 3.8) is 0 Å². The van der Waals surface area contributed by atoms with Gasteiger partial charge in [-0.3, -0.25) is 0 Å². The molecule has 7 heavy (non-hydrogen) atoms. The van der Waals surface area contributed by atoms with Crippen LogP contribution in [0.5, 0.6) is 0 Å². The molecule has 0 aromatic carbocycles. The van der Waals surface area contributed by atoms with Crippen LogP contribution in [0.2, 0.25) is 0 Å². The standard InChI is InChI=1S/C5H10PS/c1-6(7)4-2-3-5-6/h2,4,7H,3,5H2,1H3/q+1. The first kappa shape index (κ1) is 5.65. The maximum atomic E-state index is 4.47. The largest absolute Gasteiger partial charge is 0.0923 e. The Hall–Kier alpha value is 0.520. The minimum atomic E-state index is -0.779. The summed E-state index contributed by atoms with van der Waals surface area (Å²) in [5.41, 5.74) is 0. The second-order valence-electron chi connectivity index (χ2n) is 2.11. The zero-order chi connectivity index (χ0) is 5.33. The number of hydrogen-bond acceptors (Lipinski definition) is 1. The summed E-state index contributed by atoms with van der Waals surface area (Å²) in [6, 6.07) is 0. The number of rotatable bonds is 0. The Morgan fingerprint density at radius 1 is 1.71 bits per heavy atom. The van der Waals surface area contributed by atoms with Crippen LogP contribution in [0, 0.1) is 0 Å². The van der Waals surface area contributed by atoms with Gasteiger partial charge in [0.25, 0.3) is 0 Å². The molecule has 1 aliphatic heterocycles. The lowest BCUT2D eigenvalue weighted by molar-refractivity contribution is 1.27. The summed E-state index contributed by atoms with van der Waals surface area (Å²) in [5, 5.41) is 0. The van der Waals surface area contributed by atoms with E-state index in [-0.39, 0.29) is 0 Å². The lowest BCUT2D eigenvalue weighted by atomic mass is 10.5. The van der Waals surface area contributed by atoms with E-state index < -0.39 is 6.46 Å². The van der Waals surface area contributed by atoms with Crippen LogP contribution in [0.1, 0.15) is 6.42 Å². The average Bonchev–Trinajstić information content (AvgIpc) is 1.84. The topological polar surface area (TPSA) is 0 Å². The quantitative estimate of drug-likeness (QED) is 0.380. The lowest BCUT2D eigenvalue weighted by Crippen LogP contribution is -1.74. The molecule has 0 saturated carbocycles. The van der Waals surface area contributed by atoms with E-state index in [9.17, 15) is 0 Å². The maximum absolute atomic E-state index is 4.47. The minimum absolute atomic E-state index is 0.779. The van der Waals surface area contributed by atoms with E-state index in [0.29, 0.717) is 0 Å². The number of hydrogen-bond donors (Lipinski definition) is 1. The average molecular weight is 133 g/mol. The van der Waals surface area contributed by atoms with E-state index in [0.717, 1.165) is 0 Å². The molecule has 0 radical (unpaired) electrons. The molecular formula is C5H10PS+. The van der Waals surface area contributed by atoms with Crippen LogP contribution in [0.15, 0.2) is 11.9 Å². The van der Waals surface area contributed by atoms with E-state index in [1.165, 1.54) is 12.6 Å². The normalized spacial score (nSPS) is 39.7. The molecule has 0 saturated heterocycles. The van der Waals surface area contributed by atoms with Gasteiger partial charge in [-0.15, -0.1) is 0 Å². The summed E-state index contributed by atoms with van der Waals surface area (Å²) in [5.74, 6) is 2.27. The molecule has 40 valence electrons. The van der Waals surface area contributed by atoms with E-state index in [1.807, 2.05) is 0 Å². The van der Waals surface area contributed by atoms with Crippen molar-refractivity contribution in [3.8, 4) is 0 Å². The van der Waals surface area contributed by atoms with Gasteiger partial charge < -0.3 is 0 Å². The predicted molar refractivity (Wildman–Crippen MR) is 40.5 cm³/mol. The van der Waals surface area contributed by atoms with Crippen molar-refractivity contribution >= 4 is 18.7 Å². The van der Waals surface area contributed by atoms with E-state index in [2.05, 4.69) is 30.8 Å². The van der Waals surface area contributed by atoms with Crippen molar-refractivity contribution in [2.75, 3.05) is 12.8 Å². The van der Waals surface area contributed by atoms with Gasteiger partial charge in [-0.1, -0.05) is 0 Å². The molecule has 1 rings (SSSR count). The molecule has 0 aromatic rings. The highest BCUT2D eigenvalue weighted by molar-refractivity contribution is 8.54. The summed E-state index contributed by atoms with van der Waals surface area (Å²) in [4.78, 5) is 0. The fourth-order valence-corrected chi connectivity index (χ4v) is 2.77. The molecule has 0 N–H and O–H groups in total. The van der Waals surface area contributed by atoms with Gasteiger partial charge in [0, 0.05) is 18.7 Å². The van der Waals surface area contributed by atoms with Gasteiger partial charge in [-0.25, -0.2) is 0 Å². The highest BCUT2D eigenvalue weighted by Gasteiger charge is 2.26. The van der Waals surface area contributed by atoms with Crippen LogP contribution in [0.3, 0.4) is 0 Å². The molecule has 0 aromatic heterocycles. The molecule has 1 aliphatic rings. The Labute approximate surface area is 50.5 Å². The molecule has 0 spiro atoms. The van der Waals surface area contributed by atoms with Crippen LogP contribution >= 0.6 is 18.7 Å². The van der Waals surface area contributed by atoms with Gasteiger partial charge in [0.15, 0.2) is 0 Å². The first-order chi connectivity index (χ1) is 3.21. The smallest absolute Gasteiger partial charge is 0.0450 e. The van der Waals surface area contributed by atoms with Crippen LogP contribution in [-0.4, -0.2) is 12.8 Å². The first-order valence-electron chi connectivity index (χ1n) is 2.46. The summed E-state index contributed by atoms with van der Waals surface area (Å²) in [7, 11) is 0. The van der Waals surface area contributed by atoms with Crippen molar-refractivity contribution in [1.82, 2.24) is 0 Å². The Kier molecular flexibility index (Phi) is 1.45. The lowest BCUT2D eigenvalue weighted by Gasteiger charge is -2.00. The van der Waals surface area contributed by atoms with Gasteiger partial charge in [0.05, 0.1) is 25.1 Å². The highest BCUT2D eigenvalue weighted by Crippen LogP contribution is 2.64. The van der Waals surface area contributed by atoms with Crippen molar-refractivity contribution in [2.45, 2.75) is 6.42 Å². The van der Waals surface area contributed by atoms with Gasteiger partial charge >= 0.3 is 0 Å². The molecule has 1 heterocycles. The first-order valence-corrected chi connectivity index (χ1v) is 6.11. The Balaban J connectivity index is 2.57. The van der Waals surface area contributed by atoms with Crippen molar-refractivity contribution in [2.24, 2.45) is 0 Å². The zero-order valence-corrected chi connectivity index (χ0v) is 6.25. The maximum Gasteiger partial charge on any atom is 0.0923 e. The second kappa shape index (κ2) is 1.80. The predicted octanol–water partition coefficient (Wildman–Crippen LogP) is 2.40. The molecule has 0 fully saturated rings. The zero-order valence-electron chi connectivity index (χ0n) is 4.46. The molecule has 0 bridgehead atoms. The third-order valence-electron chi connectivity index (χ3n) is 1.18. The molecule has 2 heteroatoms. The van der Waals surface area contributed by atoms with Crippen molar-refractivity contribution in [3.05, 3.63) is 11.9 Å². The van der Waals surface area contributed by atoms with Crippen LogP contribution < -0.4 is 0 Å². The fourth-order valence-electron chi connectivity index (χ4n) is 0.712. The fraction of sp³-hybridized carbons (Fsp3) is 0.600. The summed E-state index contributed by atoms with van der Waals surface area (Å²) < 4.78 is 0. The van der Waals surface area contributed by atoms with Crippen LogP contribution in [0.25, 0.3) is 0 Å². The van der Waals surface area contributed by atoms with Gasteiger partial charge in [0.1, 0.15) is 0 Å². The molecular weight excluding hydrogens is 123 g/mol. The van der Waals surface area contributed by atoms with Gasteiger partial charge in [-0.05, 0) is 6.08 Å². The monoisotopic (exact) mass is 133 g/mol. The number of thiol groups is 1. The highest BCUT2D eigenvalue weighted by atomic mass is 32.7. The summed E-state index contributed by atoms with van der Waals surface area (Å²) in [6.07, 6.45) is 4.81. The molecule has 0 amide bonds. The molecule has 1 unspecified atom stereocenters. The van der Waals surface area contributed by atoms with E-state index >= 15 is 0 Å². The van der Waals surface area contributed by atoms with Crippen molar-refractivity contribution in [1.29, 1.82) is 0 Å². The summed E-state index contributed by atoms with van der Waals surface area (Å²) in [6.45, 7) is 1.47. The van der Waals surface area contributed by atoms with Crippen LogP contribution in [-0.2, 0) is 0 Å². The molecule has 0 nitrogen and oxygen atoms in total. The summed E-state index contributed by atoms with van der Waals surface area (Å²) >= 11 is 4.47. The van der Waals surface area contributed by atoms with E-state index in [4.69, 9.17) is 0 Å². The van der Waals surface area contributed by atoms with Crippen LogP contribution in [0.4, 0.5) is 0 Å². The molecule has 1 atom stereocenters. The Bertz CT molecular complexity index is 96.3. The van der Waals surface area contributed by atoms with Crippen molar-refractivity contribution < 1.29 is 0 Å².